The molecule has 0 radical (unpaired) electrons. The maximum atomic E-state index is 13.3. The SMILES string of the molecule is Fc1cccc([C@H]2CNCCN2)c1C(F)(F)F. The summed E-state index contributed by atoms with van der Waals surface area (Å²) in [6.45, 7) is 1.64. The number of rotatable bonds is 1. The van der Waals surface area contributed by atoms with Gasteiger partial charge in [0.1, 0.15) is 5.82 Å². The fourth-order valence-electron chi connectivity index (χ4n) is 2.00. The molecule has 1 aromatic carbocycles. The number of piperazine rings is 1. The molecule has 2 nitrogen and oxygen atoms in total. The first-order chi connectivity index (χ1) is 8.00. The van der Waals surface area contributed by atoms with Crippen LogP contribution in [0.3, 0.4) is 0 Å². The van der Waals surface area contributed by atoms with Crippen molar-refractivity contribution in [2.24, 2.45) is 0 Å². The number of halogens is 4. The van der Waals surface area contributed by atoms with Gasteiger partial charge in [-0.15, -0.1) is 0 Å². The molecule has 1 aliphatic rings. The van der Waals surface area contributed by atoms with Gasteiger partial charge in [-0.05, 0) is 11.6 Å². The molecular weight excluding hydrogens is 236 g/mol. The summed E-state index contributed by atoms with van der Waals surface area (Å²) >= 11 is 0. The molecular formula is C11H12F4N2. The van der Waals surface area contributed by atoms with Gasteiger partial charge < -0.3 is 10.6 Å². The standard InChI is InChI=1S/C11H12F4N2/c12-8-3-1-2-7(10(8)11(13,14)15)9-6-16-4-5-17-9/h1-3,9,16-17H,4-6H2/t9-/m1/s1. The van der Waals surface area contributed by atoms with Gasteiger partial charge >= 0.3 is 6.18 Å². The van der Waals surface area contributed by atoms with Crippen LogP contribution in [-0.2, 0) is 6.18 Å². The average molecular weight is 248 g/mol. The van der Waals surface area contributed by atoms with Gasteiger partial charge in [0.15, 0.2) is 0 Å². The summed E-state index contributed by atoms with van der Waals surface area (Å²) in [5.74, 6) is -1.22. The van der Waals surface area contributed by atoms with Gasteiger partial charge in [-0.3, -0.25) is 0 Å². The van der Waals surface area contributed by atoms with E-state index < -0.39 is 23.6 Å². The van der Waals surface area contributed by atoms with Crippen molar-refractivity contribution in [1.29, 1.82) is 0 Å². The summed E-state index contributed by atoms with van der Waals surface area (Å²) in [5, 5.41) is 5.93. The van der Waals surface area contributed by atoms with E-state index in [2.05, 4.69) is 10.6 Å². The van der Waals surface area contributed by atoms with E-state index in [0.29, 0.717) is 19.6 Å². The molecule has 94 valence electrons. The van der Waals surface area contributed by atoms with Gasteiger partial charge in [0.2, 0.25) is 0 Å². The second-order valence-electron chi connectivity index (χ2n) is 3.91. The summed E-state index contributed by atoms with van der Waals surface area (Å²) in [7, 11) is 0. The van der Waals surface area contributed by atoms with Crippen LogP contribution < -0.4 is 10.6 Å². The first kappa shape index (κ1) is 12.3. The van der Waals surface area contributed by atoms with Crippen molar-refractivity contribution in [2.75, 3.05) is 19.6 Å². The first-order valence-electron chi connectivity index (χ1n) is 5.30. The predicted octanol–water partition coefficient (Wildman–Crippen LogP) is 2.08. The normalized spacial score (nSPS) is 21.5. The fourth-order valence-corrected chi connectivity index (χ4v) is 2.00. The number of hydrogen-bond acceptors (Lipinski definition) is 2. The van der Waals surface area contributed by atoms with E-state index in [0.717, 1.165) is 6.07 Å². The summed E-state index contributed by atoms with van der Waals surface area (Å²) in [5.41, 5.74) is -1.20. The average Bonchev–Trinajstić information content (AvgIpc) is 2.28. The lowest BCUT2D eigenvalue weighted by atomic mass is 9.98. The van der Waals surface area contributed by atoms with E-state index in [1.54, 1.807) is 0 Å². The number of hydrogen-bond donors (Lipinski definition) is 2. The molecule has 0 spiro atoms. The summed E-state index contributed by atoms with van der Waals surface area (Å²) in [4.78, 5) is 0. The largest absolute Gasteiger partial charge is 0.419 e. The molecule has 1 atom stereocenters. The molecule has 2 rings (SSSR count). The van der Waals surface area contributed by atoms with E-state index in [1.807, 2.05) is 0 Å². The van der Waals surface area contributed by atoms with Gasteiger partial charge in [0, 0.05) is 25.7 Å². The molecule has 0 aromatic heterocycles. The van der Waals surface area contributed by atoms with Crippen LogP contribution in [0.15, 0.2) is 18.2 Å². The Labute approximate surface area is 96.0 Å². The maximum absolute atomic E-state index is 13.3. The molecule has 1 aliphatic heterocycles. The third kappa shape index (κ3) is 2.58. The number of benzene rings is 1. The molecule has 0 aliphatic carbocycles. The van der Waals surface area contributed by atoms with Crippen molar-refractivity contribution in [2.45, 2.75) is 12.2 Å². The Morgan fingerprint density at radius 1 is 1.18 bits per heavy atom. The Bertz CT molecular complexity index is 397. The smallest absolute Gasteiger partial charge is 0.314 e. The predicted molar refractivity (Wildman–Crippen MR) is 55.0 cm³/mol. The molecule has 0 bridgehead atoms. The molecule has 0 saturated carbocycles. The number of alkyl halides is 3. The Morgan fingerprint density at radius 2 is 1.94 bits per heavy atom. The lowest BCUT2D eigenvalue weighted by molar-refractivity contribution is -0.140. The third-order valence-corrected chi connectivity index (χ3v) is 2.75. The summed E-state index contributed by atoms with van der Waals surface area (Å²) < 4.78 is 51.7. The highest BCUT2D eigenvalue weighted by Crippen LogP contribution is 2.36. The number of nitrogens with one attached hydrogen (secondary N) is 2. The Kier molecular flexibility index (Phi) is 3.35. The van der Waals surface area contributed by atoms with Crippen LogP contribution in [0.2, 0.25) is 0 Å². The lowest BCUT2D eigenvalue weighted by Crippen LogP contribution is -2.43. The van der Waals surface area contributed by atoms with Crippen LogP contribution in [0.4, 0.5) is 17.6 Å². The molecule has 0 amide bonds. The highest BCUT2D eigenvalue weighted by molar-refractivity contribution is 5.34. The van der Waals surface area contributed by atoms with E-state index >= 15 is 0 Å². The van der Waals surface area contributed by atoms with Crippen LogP contribution in [0, 0.1) is 5.82 Å². The molecule has 2 N–H and O–H groups in total. The van der Waals surface area contributed by atoms with Crippen molar-refractivity contribution < 1.29 is 17.6 Å². The van der Waals surface area contributed by atoms with Crippen LogP contribution in [0.25, 0.3) is 0 Å². The second-order valence-corrected chi connectivity index (χ2v) is 3.91. The van der Waals surface area contributed by atoms with Crippen molar-refractivity contribution in [3.63, 3.8) is 0 Å². The molecule has 1 saturated heterocycles. The zero-order valence-electron chi connectivity index (χ0n) is 8.94. The van der Waals surface area contributed by atoms with E-state index in [4.69, 9.17) is 0 Å². The maximum Gasteiger partial charge on any atom is 0.419 e. The minimum Gasteiger partial charge on any atom is -0.314 e. The van der Waals surface area contributed by atoms with Crippen LogP contribution in [0.5, 0.6) is 0 Å². The highest BCUT2D eigenvalue weighted by Gasteiger charge is 2.38. The van der Waals surface area contributed by atoms with E-state index in [9.17, 15) is 17.6 Å². The highest BCUT2D eigenvalue weighted by atomic mass is 19.4. The Hall–Kier alpha value is -1.14. The topological polar surface area (TPSA) is 24.1 Å². The van der Waals surface area contributed by atoms with Crippen molar-refractivity contribution >= 4 is 0 Å². The van der Waals surface area contributed by atoms with Gasteiger partial charge in [-0.25, -0.2) is 4.39 Å². The molecule has 6 heteroatoms. The molecule has 17 heavy (non-hydrogen) atoms. The lowest BCUT2D eigenvalue weighted by Gasteiger charge is -2.27. The molecule has 1 fully saturated rings. The van der Waals surface area contributed by atoms with Crippen molar-refractivity contribution in [3.05, 3.63) is 35.1 Å². The second kappa shape index (κ2) is 4.62. The van der Waals surface area contributed by atoms with Crippen molar-refractivity contribution in [3.8, 4) is 0 Å². The van der Waals surface area contributed by atoms with Crippen LogP contribution in [-0.4, -0.2) is 19.6 Å². The minimum atomic E-state index is -4.67. The fraction of sp³-hybridized carbons (Fsp3) is 0.455. The summed E-state index contributed by atoms with van der Waals surface area (Å²) in [6.07, 6.45) is -4.67. The van der Waals surface area contributed by atoms with Gasteiger partial charge in [-0.1, -0.05) is 12.1 Å². The quantitative estimate of drug-likeness (QED) is 0.743. The molecule has 0 unspecified atom stereocenters. The Morgan fingerprint density at radius 3 is 2.53 bits per heavy atom. The van der Waals surface area contributed by atoms with Crippen LogP contribution in [0.1, 0.15) is 17.2 Å². The van der Waals surface area contributed by atoms with Gasteiger partial charge in [0.05, 0.1) is 5.56 Å². The van der Waals surface area contributed by atoms with Crippen LogP contribution >= 0.6 is 0 Å². The molecule has 1 aromatic rings. The zero-order valence-corrected chi connectivity index (χ0v) is 8.94. The summed E-state index contributed by atoms with van der Waals surface area (Å²) in [6, 6.07) is 2.95. The molecule has 1 heterocycles. The minimum absolute atomic E-state index is 0.0373. The van der Waals surface area contributed by atoms with Gasteiger partial charge in [-0.2, -0.15) is 13.2 Å². The first-order valence-corrected chi connectivity index (χ1v) is 5.30. The zero-order chi connectivity index (χ0) is 12.5. The Balaban J connectivity index is 2.42. The van der Waals surface area contributed by atoms with E-state index in [1.165, 1.54) is 12.1 Å². The van der Waals surface area contributed by atoms with Gasteiger partial charge in [0.25, 0.3) is 0 Å². The van der Waals surface area contributed by atoms with E-state index in [-0.39, 0.29) is 5.56 Å². The third-order valence-electron chi connectivity index (χ3n) is 2.75. The van der Waals surface area contributed by atoms with Crippen molar-refractivity contribution in [1.82, 2.24) is 10.6 Å². The monoisotopic (exact) mass is 248 g/mol.